The molecule has 0 amide bonds. The van der Waals surface area contributed by atoms with Gasteiger partial charge in [0.05, 0.1) is 17.5 Å². The average molecular weight is 203 g/mol. The van der Waals surface area contributed by atoms with Gasteiger partial charge < -0.3 is 0 Å². The highest BCUT2D eigenvalue weighted by Gasteiger charge is 2.28. The molecule has 1 aliphatic rings. The van der Waals surface area contributed by atoms with Gasteiger partial charge in [0.25, 0.3) is 0 Å². The second-order valence-corrected chi connectivity index (χ2v) is 3.33. The lowest BCUT2D eigenvalue weighted by Crippen LogP contribution is -2.46. The van der Waals surface area contributed by atoms with Crippen LogP contribution in [-0.4, -0.2) is 16.8 Å². The van der Waals surface area contributed by atoms with Gasteiger partial charge in [-0.3, -0.25) is 5.01 Å². The number of allylic oxidation sites excluding steroid dienone is 2. The number of hydrogen-bond acceptors (Lipinski definition) is 5. The van der Waals surface area contributed by atoms with Crippen LogP contribution in [0.2, 0.25) is 0 Å². The van der Waals surface area contributed by atoms with Crippen LogP contribution in [0.1, 0.15) is 26.7 Å². The minimum Gasteiger partial charge on any atom is -0.289 e. The van der Waals surface area contributed by atoms with Crippen LogP contribution < -0.4 is 5.84 Å². The number of hydrazine groups is 1. The summed E-state index contributed by atoms with van der Waals surface area (Å²) in [4.78, 5) is 4.09. The first kappa shape index (κ1) is 11.2. The number of aliphatic imine (C=N–C) groups is 1. The van der Waals surface area contributed by atoms with Crippen LogP contribution in [0.15, 0.2) is 16.4 Å². The Labute approximate surface area is 89.1 Å². The van der Waals surface area contributed by atoms with Crippen molar-refractivity contribution in [1.82, 2.24) is 5.01 Å². The molecule has 1 aliphatic heterocycles. The van der Waals surface area contributed by atoms with Gasteiger partial charge >= 0.3 is 0 Å². The maximum atomic E-state index is 8.91. The zero-order chi connectivity index (χ0) is 11.4. The molecular weight excluding hydrogens is 190 g/mol. The topological polar surface area (TPSA) is 89.2 Å². The van der Waals surface area contributed by atoms with E-state index >= 15 is 0 Å². The molecule has 5 heteroatoms. The molecule has 0 aromatic carbocycles. The summed E-state index contributed by atoms with van der Waals surface area (Å²) in [5, 5.41) is 19.1. The van der Waals surface area contributed by atoms with Crippen LogP contribution in [0.4, 0.5) is 0 Å². The molecule has 0 saturated carbocycles. The van der Waals surface area contributed by atoms with Crippen LogP contribution in [-0.2, 0) is 0 Å². The zero-order valence-electron chi connectivity index (χ0n) is 8.86. The summed E-state index contributed by atoms with van der Waals surface area (Å²) in [5.41, 5.74) is 1.72. The molecule has 0 aliphatic carbocycles. The predicted molar refractivity (Wildman–Crippen MR) is 56.1 cm³/mol. The molecular formula is C10H13N5. The molecule has 0 radical (unpaired) electrons. The lowest BCUT2D eigenvalue weighted by molar-refractivity contribution is 0.336. The van der Waals surface area contributed by atoms with Crippen LogP contribution in [0.25, 0.3) is 0 Å². The molecule has 15 heavy (non-hydrogen) atoms. The predicted octanol–water partition coefficient (Wildman–Crippen LogP) is 1.06. The maximum absolute atomic E-state index is 8.91. The van der Waals surface area contributed by atoms with E-state index in [1.165, 1.54) is 5.01 Å². The smallest absolute Gasteiger partial charge is 0.183 e. The molecule has 1 rings (SSSR count). The van der Waals surface area contributed by atoms with E-state index in [1.54, 1.807) is 6.92 Å². The van der Waals surface area contributed by atoms with E-state index in [1.807, 2.05) is 19.1 Å². The number of nitrogens with two attached hydrogens (primary N) is 1. The van der Waals surface area contributed by atoms with Gasteiger partial charge in [-0.2, -0.15) is 10.5 Å². The van der Waals surface area contributed by atoms with Crippen molar-refractivity contribution in [3.8, 4) is 12.1 Å². The summed E-state index contributed by atoms with van der Waals surface area (Å²) >= 11 is 0. The molecule has 5 nitrogen and oxygen atoms in total. The Morgan fingerprint density at radius 2 is 2.20 bits per heavy atom. The van der Waals surface area contributed by atoms with Crippen molar-refractivity contribution in [2.45, 2.75) is 32.7 Å². The lowest BCUT2D eigenvalue weighted by atomic mass is 10.1. The highest BCUT2D eigenvalue weighted by Crippen LogP contribution is 2.22. The van der Waals surface area contributed by atoms with Gasteiger partial charge in [0.15, 0.2) is 11.8 Å². The van der Waals surface area contributed by atoms with Gasteiger partial charge in [-0.15, -0.1) is 0 Å². The van der Waals surface area contributed by atoms with Gasteiger partial charge in [0.1, 0.15) is 6.07 Å². The standard InChI is InChI=1S/C10H13N5/c1-3-4-9-7(2)14-8(5-11)10(6-12)15(9)13/h10H,3-4,13H2,1-2H3. The number of nitriles is 2. The molecule has 0 aromatic heterocycles. The Hall–Kier alpha value is -1.85. The number of nitrogens with zero attached hydrogens (tertiary/aromatic N) is 4. The summed E-state index contributed by atoms with van der Waals surface area (Å²) in [6.07, 6.45) is 1.69. The average Bonchev–Trinajstić information content (AvgIpc) is 2.23. The van der Waals surface area contributed by atoms with E-state index < -0.39 is 6.04 Å². The lowest BCUT2D eigenvalue weighted by Gasteiger charge is -2.29. The van der Waals surface area contributed by atoms with Crippen molar-refractivity contribution in [2.75, 3.05) is 0 Å². The summed E-state index contributed by atoms with van der Waals surface area (Å²) in [5.74, 6) is 5.80. The highest BCUT2D eigenvalue weighted by molar-refractivity contribution is 6.05. The van der Waals surface area contributed by atoms with Crippen molar-refractivity contribution in [1.29, 1.82) is 10.5 Å². The Morgan fingerprint density at radius 1 is 1.53 bits per heavy atom. The Kier molecular flexibility index (Phi) is 3.43. The van der Waals surface area contributed by atoms with E-state index in [0.29, 0.717) is 0 Å². The van der Waals surface area contributed by atoms with E-state index in [4.69, 9.17) is 16.4 Å². The number of rotatable bonds is 2. The van der Waals surface area contributed by atoms with E-state index in [2.05, 4.69) is 4.99 Å². The highest BCUT2D eigenvalue weighted by atomic mass is 15.4. The summed E-state index contributed by atoms with van der Waals surface area (Å²) in [7, 11) is 0. The second kappa shape index (κ2) is 4.59. The van der Waals surface area contributed by atoms with E-state index in [-0.39, 0.29) is 5.71 Å². The van der Waals surface area contributed by atoms with Crippen LogP contribution in [0.3, 0.4) is 0 Å². The SMILES string of the molecule is CCCC1=C(C)N=C(C#N)C(C#N)N1N. The van der Waals surface area contributed by atoms with Gasteiger partial charge in [-0.05, 0) is 13.3 Å². The zero-order valence-corrected chi connectivity index (χ0v) is 8.86. The van der Waals surface area contributed by atoms with Crippen LogP contribution >= 0.6 is 0 Å². The Bertz CT molecular complexity index is 393. The molecule has 0 spiro atoms. The quantitative estimate of drug-likeness (QED) is 0.679. The molecule has 2 N–H and O–H groups in total. The third kappa shape index (κ3) is 1.98. The minimum atomic E-state index is -0.750. The summed E-state index contributed by atoms with van der Waals surface area (Å²) in [6, 6.07) is 3.13. The molecule has 78 valence electrons. The van der Waals surface area contributed by atoms with Crippen molar-refractivity contribution in [3.63, 3.8) is 0 Å². The van der Waals surface area contributed by atoms with Gasteiger partial charge in [-0.1, -0.05) is 13.3 Å². The third-order valence-corrected chi connectivity index (χ3v) is 2.28. The molecule has 0 bridgehead atoms. The Morgan fingerprint density at radius 3 is 2.67 bits per heavy atom. The van der Waals surface area contributed by atoms with Gasteiger partial charge in [0.2, 0.25) is 0 Å². The molecule has 1 heterocycles. The first-order valence-corrected chi connectivity index (χ1v) is 4.77. The minimum absolute atomic E-state index is 0.164. The monoisotopic (exact) mass is 203 g/mol. The van der Waals surface area contributed by atoms with Crippen molar-refractivity contribution in [2.24, 2.45) is 10.8 Å². The van der Waals surface area contributed by atoms with E-state index in [0.717, 1.165) is 24.2 Å². The second-order valence-electron chi connectivity index (χ2n) is 3.33. The number of hydrogen-bond donors (Lipinski definition) is 1. The van der Waals surface area contributed by atoms with Crippen molar-refractivity contribution in [3.05, 3.63) is 11.4 Å². The summed E-state index contributed by atoms with van der Waals surface area (Å²) in [6.45, 7) is 3.83. The fourth-order valence-corrected chi connectivity index (χ4v) is 1.54. The van der Waals surface area contributed by atoms with Crippen molar-refractivity contribution < 1.29 is 0 Å². The van der Waals surface area contributed by atoms with E-state index in [9.17, 15) is 0 Å². The fraction of sp³-hybridized carbons (Fsp3) is 0.500. The maximum Gasteiger partial charge on any atom is 0.183 e. The molecule has 0 fully saturated rings. The van der Waals surface area contributed by atoms with Gasteiger partial charge in [-0.25, -0.2) is 10.8 Å². The third-order valence-electron chi connectivity index (χ3n) is 2.28. The summed E-state index contributed by atoms with van der Waals surface area (Å²) < 4.78 is 0. The van der Waals surface area contributed by atoms with Crippen LogP contribution in [0.5, 0.6) is 0 Å². The fourth-order valence-electron chi connectivity index (χ4n) is 1.54. The normalized spacial score (nSPS) is 20.7. The first-order chi connectivity index (χ1) is 7.15. The Balaban J connectivity index is 3.14. The first-order valence-electron chi connectivity index (χ1n) is 4.77. The molecule has 0 aromatic rings. The van der Waals surface area contributed by atoms with Crippen molar-refractivity contribution >= 4 is 5.71 Å². The largest absolute Gasteiger partial charge is 0.289 e. The van der Waals surface area contributed by atoms with Crippen LogP contribution in [0, 0.1) is 22.7 Å². The molecule has 0 saturated heterocycles. The van der Waals surface area contributed by atoms with Gasteiger partial charge in [0, 0.05) is 0 Å². The molecule has 1 atom stereocenters. The molecule has 1 unspecified atom stereocenters.